The Morgan fingerprint density at radius 2 is 1.59 bits per heavy atom. The summed E-state index contributed by atoms with van der Waals surface area (Å²) in [5, 5.41) is 3.22. The van der Waals surface area contributed by atoms with E-state index in [4.69, 9.17) is 16.3 Å². The number of benzene rings is 3. The molecule has 0 aromatic heterocycles. The molecule has 1 aliphatic heterocycles. The average molecular weight is 477 g/mol. The molecule has 0 spiro atoms. The van der Waals surface area contributed by atoms with E-state index in [9.17, 15) is 19.2 Å². The van der Waals surface area contributed by atoms with Crippen molar-refractivity contribution in [1.82, 2.24) is 0 Å². The Morgan fingerprint density at radius 1 is 0.912 bits per heavy atom. The molecule has 172 valence electrons. The number of para-hydroxylation sites is 1. The van der Waals surface area contributed by atoms with Crippen molar-refractivity contribution in [3.63, 3.8) is 0 Å². The fourth-order valence-electron chi connectivity index (χ4n) is 3.64. The lowest BCUT2D eigenvalue weighted by Crippen LogP contribution is -2.28. The Balaban J connectivity index is 1.31. The van der Waals surface area contributed by atoms with Crippen LogP contribution in [0, 0.1) is 5.92 Å². The smallest absolute Gasteiger partial charge is 0.338 e. The van der Waals surface area contributed by atoms with Crippen LogP contribution in [0.2, 0.25) is 5.02 Å². The molecule has 1 atom stereocenters. The highest BCUT2D eigenvalue weighted by molar-refractivity contribution is 6.34. The van der Waals surface area contributed by atoms with Crippen LogP contribution in [0.1, 0.15) is 27.1 Å². The molecule has 7 nitrogen and oxygen atoms in total. The van der Waals surface area contributed by atoms with Gasteiger partial charge < -0.3 is 15.0 Å². The molecule has 0 unspecified atom stereocenters. The molecule has 4 rings (SSSR count). The summed E-state index contributed by atoms with van der Waals surface area (Å²) in [5.41, 5.74) is 1.77. The third-order valence-electron chi connectivity index (χ3n) is 5.46. The third kappa shape index (κ3) is 5.32. The summed E-state index contributed by atoms with van der Waals surface area (Å²) in [6, 6.07) is 21.7. The number of nitrogens with one attached hydrogen (secondary N) is 1. The fourth-order valence-corrected chi connectivity index (χ4v) is 3.88. The number of anilines is 2. The van der Waals surface area contributed by atoms with Gasteiger partial charge in [-0.3, -0.25) is 14.4 Å². The normalized spacial score (nSPS) is 15.1. The lowest BCUT2D eigenvalue weighted by atomic mass is 10.1. The largest absolute Gasteiger partial charge is 0.454 e. The number of rotatable bonds is 7. The summed E-state index contributed by atoms with van der Waals surface area (Å²) >= 11 is 6.19. The Morgan fingerprint density at radius 3 is 2.29 bits per heavy atom. The summed E-state index contributed by atoms with van der Waals surface area (Å²) in [6.45, 7) is -0.132. The van der Waals surface area contributed by atoms with Crippen molar-refractivity contribution in [2.24, 2.45) is 5.92 Å². The van der Waals surface area contributed by atoms with Gasteiger partial charge in [-0.05, 0) is 36.4 Å². The second kappa shape index (κ2) is 10.3. The standard InChI is InChI=1S/C26H21ClN2O5/c27-21-8-4-5-9-22(21)29-15-19(14-24(29)31)25(32)28-20-12-10-18(11-13-20)26(33)34-16-23(30)17-6-2-1-3-7-17/h1-13,19H,14-16H2,(H,28,32)/t19-/m1/s1. The van der Waals surface area contributed by atoms with Crippen LogP contribution in [0.4, 0.5) is 11.4 Å². The molecule has 3 aromatic rings. The number of halogens is 1. The number of hydrogen-bond acceptors (Lipinski definition) is 5. The van der Waals surface area contributed by atoms with Crippen molar-refractivity contribution in [2.45, 2.75) is 6.42 Å². The quantitative estimate of drug-likeness (QED) is 0.403. The lowest BCUT2D eigenvalue weighted by Gasteiger charge is -2.18. The number of esters is 1. The topological polar surface area (TPSA) is 92.8 Å². The van der Waals surface area contributed by atoms with Gasteiger partial charge in [0.25, 0.3) is 0 Å². The molecule has 0 aliphatic carbocycles. The van der Waals surface area contributed by atoms with Gasteiger partial charge in [-0.2, -0.15) is 0 Å². The number of nitrogens with zero attached hydrogens (tertiary/aromatic N) is 1. The Labute approximate surface area is 201 Å². The van der Waals surface area contributed by atoms with Gasteiger partial charge in [-0.1, -0.05) is 54.1 Å². The maximum absolute atomic E-state index is 12.7. The van der Waals surface area contributed by atoms with Crippen LogP contribution in [0.15, 0.2) is 78.9 Å². The van der Waals surface area contributed by atoms with Crippen LogP contribution >= 0.6 is 11.6 Å². The van der Waals surface area contributed by atoms with Gasteiger partial charge in [0.1, 0.15) is 0 Å². The van der Waals surface area contributed by atoms with E-state index >= 15 is 0 Å². The van der Waals surface area contributed by atoms with E-state index in [0.29, 0.717) is 22.0 Å². The van der Waals surface area contributed by atoms with Gasteiger partial charge >= 0.3 is 5.97 Å². The number of amides is 2. The highest BCUT2D eigenvalue weighted by Crippen LogP contribution is 2.31. The van der Waals surface area contributed by atoms with E-state index in [-0.39, 0.29) is 42.7 Å². The second-order valence-corrected chi connectivity index (χ2v) is 8.20. The van der Waals surface area contributed by atoms with E-state index in [0.717, 1.165) is 0 Å². The van der Waals surface area contributed by atoms with Crippen LogP contribution in [-0.2, 0) is 14.3 Å². The lowest BCUT2D eigenvalue weighted by molar-refractivity contribution is -0.122. The van der Waals surface area contributed by atoms with Gasteiger partial charge in [0.2, 0.25) is 11.8 Å². The van der Waals surface area contributed by atoms with Crippen molar-refractivity contribution >= 4 is 46.5 Å². The molecule has 1 fully saturated rings. The fraction of sp³-hybridized carbons (Fsp3) is 0.154. The molecule has 0 radical (unpaired) electrons. The van der Waals surface area contributed by atoms with Gasteiger partial charge in [0.15, 0.2) is 12.4 Å². The predicted molar refractivity (Wildman–Crippen MR) is 128 cm³/mol. The molecule has 3 aromatic carbocycles. The zero-order chi connectivity index (χ0) is 24.1. The van der Waals surface area contributed by atoms with Crippen LogP contribution in [0.5, 0.6) is 0 Å². The van der Waals surface area contributed by atoms with Crippen molar-refractivity contribution in [1.29, 1.82) is 0 Å². The van der Waals surface area contributed by atoms with E-state index in [1.165, 1.54) is 17.0 Å². The van der Waals surface area contributed by atoms with Gasteiger partial charge in [-0.15, -0.1) is 0 Å². The number of ether oxygens (including phenoxy) is 1. The first-order valence-electron chi connectivity index (χ1n) is 10.6. The maximum Gasteiger partial charge on any atom is 0.338 e. The first-order chi connectivity index (χ1) is 16.4. The molecule has 1 heterocycles. The zero-order valence-corrected chi connectivity index (χ0v) is 18.8. The molecule has 0 saturated carbocycles. The summed E-state index contributed by atoms with van der Waals surface area (Å²) in [7, 11) is 0. The number of carbonyl (C=O) groups excluding carboxylic acids is 4. The van der Waals surface area contributed by atoms with Crippen molar-refractivity contribution in [3.8, 4) is 0 Å². The summed E-state index contributed by atoms with van der Waals surface area (Å²) in [5.74, 6) is -1.94. The number of hydrogen-bond donors (Lipinski definition) is 1. The van der Waals surface area contributed by atoms with E-state index in [2.05, 4.69) is 5.32 Å². The Kier molecular flexibility index (Phi) is 7.04. The minimum absolute atomic E-state index is 0.0803. The van der Waals surface area contributed by atoms with Gasteiger partial charge in [0.05, 0.1) is 22.2 Å². The molecule has 0 bridgehead atoms. The average Bonchev–Trinajstić information content (AvgIpc) is 3.25. The minimum atomic E-state index is -0.640. The molecule has 2 amide bonds. The SMILES string of the molecule is O=C(COC(=O)c1ccc(NC(=O)[C@@H]2CC(=O)N(c3ccccc3Cl)C2)cc1)c1ccccc1. The minimum Gasteiger partial charge on any atom is -0.454 e. The summed E-state index contributed by atoms with van der Waals surface area (Å²) in [6.07, 6.45) is 0.0803. The van der Waals surface area contributed by atoms with Crippen molar-refractivity contribution in [3.05, 3.63) is 95.0 Å². The van der Waals surface area contributed by atoms with Crippen molar-refractivity contribution < 1.29 is 23.9 Å². The van der Waals surface area contributed by atoms with Gasteiger partial charge in [-0.25, -0.2) is 4.79 Å². The van der Waals surface area contributed by atoms with E-state index in [1.54, 1.807) is 66.7 Å². The van der Waals surface area contributed by atoms with Crippen LogP contribution in [0.3, 0.4) is 0 Å². The highest BCUT2D eigenvalue weighted by atomic mass is 35.5. The molecule has 1 N–H and O–H groups in total. The summed E-state index contributed by atoms with van der Waals surface area (Å²) < 4.78 is 5.09. The number of ketones is 1. The molecule has 8 heteroatoms. The molecule has 1 saturated heterocycles. The number of Topliss-reactive ketones (excluding diaryl/α,β-unsaturated/α-hetero) is 1. The Bertz CT molecular complexity index is 1230. The number of carbonyl (C=O) groups is 4. The monoisotopic (exact) mass is 476 g/mol. The summed E-state index contributed by atoms with van der Waals surface area (Å²) in [4.78, 5) is 51.0. The van der Waals surface area contributed by atoms with Crippen molar-refractivity contribution in [2.75, 3.05) is 23.4 Å². The van der Waals surface area contributed by atoms with Crippen LogP contribution in [-0.4, -0.2) is 36.7 Å². The second-order valence-electron chi connectivity index (χ2n) is 7.79. The zero-order valence-electron chi connectivity index (χ0n) is 18.1. The predicted octanol–water partition coefficient (Wildman–Crippen LogP) is 4.37. The molecule has 1 aliphatic rings. The third-order valence-corrected chi connectivity index (χ3v) is 5.78. The van der Waals surface area contributed by atoms with Gasteiger partial charge in [0, 0.05) is 24.2 Å². The highest BCUT2D eigenvalue weighted by Gasteiger charge is 2.35. The molecular formula is C26H21ClN2O5. The molecule has 34 heavy (non-hydrogen) atoms. The van der Waals surface area contributed by atoms with Crippen LogP contribution < -0.4 is 10.2 Å². The van der Waals surface area contributed by atoms with Crippen LogP contribution in [0.25, 0.3) is 0 Å². The first kappa shape index (κ1) is 23.2. The maximum atomic E-state index is 12.7. The Hall–Kier alpha value is -3.97. The first-order valence-corrected chi connectivity index (χ1v) is 11.0. The van der Waals surface area contributed by atoms with E-state index in [1.807, 2.05) is 0 Å². The molecular weight excluding hydrogens is 456 g/mol. The van der Waals surface area contributed by atoms with E-state index < -0.39 is 11.9 Å².